The van der Waals surface area contributed by atoms with Crippen LogP contribution in [-0.4, -0.2) is 36.1 Å². The minimum atomic E-state index is -0.949. The number of urea groups is 1. The van der Waals surface area contributed by atoms with Gasteiger partial charge in [-0.1, -0.05) is 6.92 Å². The molecule has 0 aromatic carbocycles. The zero-order valence-corrected chi connectivity index (χ0v) is 10.9. The second-order valence-corrected chi connectivity index (χ2v) is 4.76. The number of carbonyl (C=O) groups is 3. The van der Waals surface area contributed by atoms with E-state index in [0.29, 0.717) is 6.42 Å². The van der Waals surface area contributed by atoms with Gasteiger partial charge in [-0.3, -0.25) is 9.59 Å². The Morgan fingerprint density at radius 3 is 2.22 bits per heavy atom. The van der Waals surface area contributed by atoms with Crippen molar-refractivity contribution >= 4 is 17.9 Å². The molecule has 0 saturated heterocycles. The number of hydrogen-bond acceptors (Lipinski definition) is 3. The van der Waals surface area contributed by atoms with Crippen LogP contribution in [0.25, 0.3) is 0 Å². The van der Waals surface area contributed by atoms with Gasteiger partial charge < -0.3 is 21.5 Å². The predicted molar refractivity (Wildman–Crippen MR) is 65.8 cm³/mol. The largest absolute Gasteiger partial charge is 0.481 e. The molecule has 0 spiro atoms. The van der Waals surface area contributed by atoms with Crippen molar-refractivity contribution in [3.8, 4) is 0 Å². The van der Waals surface area contributed by atoms with Crippen LogP contribution < -0.4 is 16.4 Å². The molecule has 104 valence electrons. The summed E-state index contributed by atoms with van der Waals surface area (Å²) >= 11 is 0. The van der Waals surface area contributed by atoms with E-state index in [4.69, 9.17) is 10.8 Å². The van der Waals surface area contributed by atoms with Gasteiger partial charge >= 0.3 is 12.0 Å². The second kappa shape index (κ2) is 6.83. The molecule has 3 amide bonds. The maximum absolute atomic E-state index is 11.4. The smallest absolute Gasteiger partial charge is 0.314 e. The van der Waals surface area contributed by atoms with Crippen LogP contribution in [0, 0.1) is 11.3 Å². The van der Waals surface area contributed by atoms with Gasteiger partial charge in [-0.2, -0.15) is 0 Å². The highest BCUT2D eigenvalue weighted by atomic mass is 16.4. The molecule has 5 N–H and O–H groups in total. The fraction of sp³-hybridized carbons (Fsp3) is 0.727. The molecule has 0 aromatic heterocycles. The van der Waals surface area contributed by atoms with E-state index in [2.05, 4.69) is 10.6 Å². The Bertz CT molecular complexity index is 328. The third-order valence-corrected chi connectivity index (χ3v) is 2.71. The number of carboxylic acid groups (broad SMARTS) is 1. The van der Waals surface area contributed by atoms with Crippen molar-refractivity contribution in [3.05, 3.63) is 0 Å². The highest BCUT2D eigenvalue weighted by molar-refractivity contribution is 5.81. The Balaban J connectivity index is 4.06. The molecule has 0 aliphatic heterocycles. The molecule has 18 heavy (non-hydrogen) atoms. The topological polar surface area (TPSA) is 122 Å². The van der Waals surface area contributed by atoms with E-state index in [1.807, 2.05) is 0 Å². The number of rotatable bonds is 7. The summed E-state index contributed by atoms with van der Waals surface area (Å²) in [6.45, 7) is 5.10. The zero-order valence-electron chi connectivity index (χ0n) is 10.9. The van der Waals surface area contributed by atoms with Crippen molar-refractivity contribution in [1.29, 1.82) is 0 Å². The van der Waals surface area contributed by atoms with Gasteiger partial charge in [-0.05, 0) is 20.3 Å². The van der Waals surface area contributed by atoms with Crippen LogP contribution in [0.5, 0.6) is 0 Å². The van der Waals surface area contributed by atoms with E-state index in [1.54, 1.807) is 20.8 Å². The first-order valence-electron chi connectivity index (χ1n) is 5.75. The van der Waals surface area contributed by atoms with Gasteiger partial charge in [0.25, 0.3) is 0 Å². The third kappa shape index (κ3) is 5.51. The van der Waals surface area contributed by atoms with E-state index in [1.165, 1.54) is 0 Å². The first-order valence-corrected chi connectivity index (χ1v) is 5.75. The van der Waals surface area contributed by atoms with E-state index < -0.39 is 29.2 Å². The summed E-state index contributed by atoms with van der Waals surface area (Å²) in [5.41, 5.74) is 4.31. The molecular weight excluding hydrogens is 238 g/mol. The lowest BCUT2D eigenvalue weighted by Gasteiger charge is -2.21. The van der Waals surface area contributed by atoms with Gasteiger partial charge in [0.05, 0.1) is 11.3 Å². The summed E-state index contributed by atoms with van der Waals surface area (Å²) < 4.78 is 0. The summed E-state index contributed by atoms with van der Waals surface area (Å²) in [4.78, 5) is 33.1. The second-order valence-electron chi connectivity index (χ2n) is 4.76. The highest BCUT2D eigenvalue weighted by Gasteiger charge is 2.25. The van der Waals surface area contributed by atoms with Gasteiger partial charge in [0.2, 0.25) is 5.91 Å². The number of aliphatic carboxylic acids is 1. The first kappa shape index (κ1) is 16.2. The van der Waals surface area contributed by atoms with Crippen LogP contribution in [-0.2, 0) is 9.59 Å². The SMILES string of the molecule is CCC(CNC(=O)NCC(C)(C)C(N)=O)C(=O)O. The first-order chi connectivity index (χ1) is 8.20. The lowest BCUT2D eigenvalue weighted by atomic mass is 9.93. The lowest BCUT2D eigenvalue weighted by molar-refractivity contribution is -0.141. The quantitative estimate of drug-likeness (QED) is 0.510. The molecule has 0 aliphatic rings. The molecular formula is C11H21N3O4. The molecule has 7 heteroatoms. The van der Waals surface area contributed by atoms with Crippen molar-refractivity contribution < 1.29 is 19.5 Å². The fourth-order valence-corrected chi connectivity index (χ4v) is 1.07. The molecule has 7 nitrogen and oxygen atoms in total. The standard InChI is InChI=1S/C11H21N3O4/c1-4-7(8(15)16)5-13-10(18)14-6-11(2,3)9(12)17/h7H,4-6H2,1-3H3,(H2,12,17)(H,15,16)(H2,13,14,18). The van der Waals surface area contributed by atoms with Crippen molar-refractivity contribution in [1.82, 2.24) is 10.6 Å². The molecule has 0 rings (SSSR count). The summed E-state index contributed by atoms with van der Waals surface area (Å²) in [5.74, 6) is -2.07. The van der Waals surface area contributed by atoms with Gasteiger partial charge in [0.15, 0.2) is 0 Å². The van der Waals surface area contributed by atoms with Gasteiger partial charge in [-0.15, -0.1) is 0 Å². The highest BCUT2D eigenvalue weighted by Crippen LogP contribution is 2.11. The number of carboxylic acids is 1. The van der Waals surface area contributed by atoms with Crippen LogP contribution in [0.2, 0.25) is 0 Å². The number of nitrogens with two attached hydrogens (primary N) is 1. The van der Waals surface area contributed by atoms with E-state index in [-0.39, 0.29) is 13.1 Å². The monoisotopic (exact) mass is 259 g/mol. The normalized spacial score (nSPS) is 12.6. The molecule has 0 aliphatic carbocycles. The van der Waals surface area contributed by atoms with E-state index in [9.17, 15) is 14.4 Å². The molecule has 0 heterocycles. The Labute approximate surface area is 106 Å². The summed E-state index contributed by atoms with van der Waals surface area (Å²) in [6, 6.07) is -0.510. The number of amides is 3. The average molecular weight is 259 g/mol. The number of hydrogen-bond donors (Lipinski definition) is 4. The van der Waals surface area contributed by atoms with Crippen molar-refractivity contribution in [3.63, 3.8) is 0 Å². The Morgan fingerprint density at radius 1 is 1.28 bits per heavy atom. The minimum absolute atomic E-state index is 0.0503. The number of nitrogens with one attached hydrogen (secondary N) is 2. The number of primary amides is 1. The summed E-state index contributed by atoms with van der Waals surface area (Å²) in [6.07, 6.45) is 0.433. The molecule has 1 unspecified atom stereocenters. The predicted octanol–water partition coefficient (Wildman–Crippen LogP) is -0.0921. The maximum Gasteiger partial charge on any atom is 0.314 e. The molecule has 0 fully saturated rings. The molecule has 0 bridgehead atoms. The van der Waals surface area contributed by atoms with Crippen LogP contribution in [0.3, 0.4) is 0 Å². The average Bonchev–Trinajstić information content (AvgIpc) is 2.26. The van der Waals surface area contributed by atoms with Crippen LogP contribution in [0.15, 0.2) is 0 Å². The Hall–Kier alpha value is -1.79. The van der Waals surface area contributed by atoms with E-state index in [0.717, 1.165) is 0 Å². The molecule has 1 atom stereocenters. The minimum Gasteiger partial charge on any atom is -0.481 e. The van der Waals surface area contributed by atoms with Crippen molar-refractivity contribution in [2.45, 2.75) is 27.2 Å². The Morgan fingerprint density at radius 2 is 1.83 bits per heavy atom. The van der Waals surface area contributed by atoms with Gasteiger partial charge in [0, 0.05) is 13.1 Å². The van der Waals surface area contributed by atoms with E-state index >= 15 is 0 Å². The van der Waals surface area contributed by atoms with Gasteiger partial charge in [0.1, 0.15) is 0 Å². The van der Waals surface area contributed by atoms with Crippen molar-refractivity contribution in [2.24, 2.45) is 17.1 Å². The fourth-order valence-electron chi connectivity index (χ4n) is 1.07. The Kier molecular flexibility index (Phi) is 6.15. The molecule has 0 radical (unpaired) electrons. The van der Waals surface area contributed by atoms with Gasteiger partial charge in [-0.25, -0.2) is 4.79 Å². The summed E-state index contributed by atoms with van der Waals surface area (Å²) in [7, 11) is 0. The molecule has 0 saturated carbocycles. The van der Waals surface area contributed by atoms with Crippen LogP contribution in [0.4, 0.5) is 4.79 Å². The lowest BCUT2D eigenvalue weighted by Crippen LogP contribution is -2.46. The third-order valence-electron chi connectivity index (χ3n) is 2.71. The van der Waals surface area contributed by atoms with Crippen LogP contribution in [0.1, 0.15) is 27.2 Å². The maximum atomic E-state index is 11.4. The summed E-state index contributed by atoms with van der Waals surface area (Å²) in [5, 5.41) is 13.7. The van der Waals surface area contributed by atoms with Crippen molar-refractivity contribution in [2.75, 3.05) is 13.1 Å². The molecule has 0 aromatic rings. The van der Waals surface area contributed by atoms with Crippen LogP contribution >= 0.6 is 0 Å². The zero-order chi connectivity index (χ0) is 14.3. The number of carbonyl (C=O) groups excluding carboxylic acids is 2.